The molecule has 0 aromatic heterocycles. The van der Waals surface area contributed by atoms with Gasteiger partial charge in [0.05, 0.1) is 6.54 Å². The molecule has 6 heteroatoms. The van der Waals surface area contributed by atoms with Crippen LogP contribution < -0.4 is 16.0 Å². The van der Waals surface area contributed by atoms with E-state index in [2.05, 4.69) is 39.5 Å². The SMILES string of the molecule is I.NC(=NCc1ccc(N2CCC(CO)CC2)cc1)NCC1CCC1. The first-order valence-corrected chi connectivity index (χ1v) is 9.23. The molecular formula is C19H31IN4O. The van der Waals surface area contributed by atoms with Crippen LogP contribution in [-0.2, 0) is 6.54 Å². The Morgan fingerprint density at radius 2 is 1.80 bits per heavy atom. The van der Waals surface area contributed by atoms with Crippen molar-refractivity contribution in [3.63, 3.8) is 0 Å². The van der Waals surface area contributed by atoms with Crippen LogP contribution in [0, 0.1) is 11.8 Å². The second-order valence-corrected chi connectivity index (χ2v) is 7.16. The van der Waals surface area contributed by atoms with Crippen molar-refractivity contribution in [2.75, 3.05) is 31.1 Å². The molecule has 1 heterocycles. The first kappa shape index (κ1) is 20.3. The lowest BCUT2D eigenvalue weighted by Gasteiger charge is -2.32. The molecule has 25 heavy (non-hydrogen) atoms. The number of piperidine rings is 1. The zero-order valence-corrected chi connectivity index (χ0v) is 17.2. The maximum absolute atomic E-state index is 9.23. The molecule has 1 aromatic rings. The van der Waals surface area contributed by atoms with Gasteiger partial charge in [-0.25, -0.2) is 4.99 Å². The monoisotopic (exact) mass is 458 g/mol. The normalized spacial score (nSPS) is 19.2. The number of anilines is 1. The molecule has 4 N–H and O–H groups in total. The number of hydrogen-bond donors (Lipinski definition) is 3. The molecule has 0 amide bonds. The minimum atomic E-state index is 0. The quantitative estimate of drug-likeness (QED) is 0.348. The van der Waals surface area contributed by atoms with Crippen molar-refractivity contribution in [3.05, 3.63) is 29.8 Å². The average Bonchev–Trinajstić information content (AvgIpc) is 2.59. The van der Waals surface area contributed by atoms with Gasteiger partial charge in [0.1, 0.15) is 0 Å². The van der Waals surface area contributed by atoms with E-state index in [-0.39, 0.29) is 24.0 Å². The van der Waals surface area contributed by atoms with Gasteiger partial charge in [-0.15, -0.1) is 24.0 Å². The number of benzene rings is 1. The predicted octanol–water partition coefficient (Wildman–Crippen LogP) is 2.72. The summed E-state index contributed by atoms with van der Waals surface area (Å²) in [7, 11) is 0. The van der Waals surface area contributed by atoms with Crippen LogP contribution in [0.3, 0.4) is 0 Å². The van der Waals surface area contributed by atoms with Crippen LogP contribution in [0.2, 0.25) is 0 Å². The lowest BCUT2D eigenvalue weighted by molar-refractivity contribution is 0.203. The van der Waals surface area contributed by atoms with E-state index in [4.69, 9.17) is 5.73 Å². The molecule has 2 fully saturated rings. The van der Waals surface area contributed by atoms with Crippen LogP contribution in [0.25, 0.3) is 0 Å². The maximum Gasteiger partial charge on any atom is 0.188 e. The van der Waals surface area contributed by atoms with Gasteiger partial charge >= 0.3 is 0 Å². The fourth-order valence-corrected chi connectivity index (χ4v) is 3.36. The molecule has 0 spiro atoms. The van der Waals surface area contributed by atoms with Gasteiger partial charge in [-0.1, -0.05) is 18.6 Å². The van der Waals surface area contributed by atoms with Crippen LogP contribution in [0.15, 0.2) is 29.3 Å². The highest BCUT2D eigenvalue weighted by Gasteiger charge is 2.18. The number of aliphatic imine (C=N–C) groups is 1. The van der Waals surface area contributed by atoms with E-state index < -0.39 is 0 Å². The Kier molecular flexibility index (Phi) is 8.29. The summed E-state index contributed by atoms with van der Waals surface area (Å²) in [6.45, 7) is 3.96. The first-order chi connectivity index (χ1) is 11.7. The fraction of sp³-hybridized carbons (Fsp3) is 0.632. The average molecular weight is 458 g/mol. The number of guanidine groups is 1. The van der Waals surface area contributed by atoms with Gasteiger partial charge in [-0.2, -0.15) is 0 Å². The molecule has 140 valence electrons. The Labute approximate surface area is 168 Å². The molecule has 0 atom stereocenters. The van der Waals surface area contributed by atoms with Crippen LogP contribution in [0.1, 0.15) is 37.7 Å². The van der Waals surface area contributed by atoms with Crippen molar-refractivity contribution in [1.82, 2.24) is 5.32 Å². The Hall–Kier alpha value is -1.02. The first-order valence-electron chi connectivity index (χ1n) is 9.23. The number of nitrogens with two attached hydrogens (primary N) is 1. The largest absolute Gasteiger partial charge is 0.396 e. The number of aliphatic hydroxyl groups excluding tert-OH is 1. The third kappa shape index (κ3) is 6.02. The van der Waals surface area contributed by atoms with Crippen molar-refractivity contribution in [2.24, 2.45) is 22.6 Å². The summed E-state index contributed by atoms with van der Waals surface area (Å²) in [5, 5.41) is 12.5. The minimum absolute atomic E-state index is 0. The van der Waals surface area contributed by atoms with E-state index in [1.807, 2.05) is 0 Å². The lowest BCUT2D eigenvalue weighted by atomic mass is 9.85. The lowest BCUT2D eigenvalue weighted by Crippen LogP contribution is -2.37. The zero-order valence-electron chi connectivity index (χ0n) is 14.9. The van der Waals surface area contributed by atoms with E-state index in [1.54, 1.807) is 0 Å². The molecule has 2 aliphatic rings. The third-order valence-electron chi connectivity index (χ3n) is 5.40. The smallest absolute Gasteiger partial charge is 0.188 e. The Bertz CT molecular complexity index is 537. The van der Waals surface area contributed by atoms with E-state index in [9.17, 15) is 5.11 Å². The van der Waals surface area contributed by atoms with Crippen molar-refractivity contribution in [1.29, 1.82) is 0 Å². The number of nitrogens with one attached hydrogen (secondary N) is 1. The standard InChI is InChI=1S/C19H30N4O.HI/c20-19(21-12-15-2-1-3-15)22-13-16-4-6-18(7-5-16)23-10-8-17(14-24)9-11-23;/h4-7,15,17,24H,1-3,8-14H2,(H3,20,21,22);1H. The van der Waals surface area contributed by atoms with Gasteiger partial charge in [0.15, 0.2) is 5.96 Å². The highest BCUT2D eigenvalue weighted by Crippen LogP contribution is 2.25. The van der Waals surface area contributed by atoms with Gasteiger partial charge in [0, 0.05) is 31.9 Å². The molecule has 0 bridgehead atoms. The van der Waals surface area contributed by atoms with Gasteiger partial charge in [-0.3, -0.25) is 0 Å². The molecule has 0 radical (unpaired) electrons. The molecule has 1 saturated heterocycles. The highest BCUT2D eigenvalue weighted by molar-refractivity contribution is 14.0. The molecule has 1 aliphatic heterocycles. The van der Waals surface area contributed by atoms with Crippen LogP contribution in [-0.4, -0.2) is 37.3 Å². The summed E-state index contributed by atoms with van der Waals surface area (Å²) in [5.74, 6) is 1.82. The van der Waals surface area contributed by atoms with E-state index in [0.717, 1.165) is 38.4 Å². The Balaban J connectivity index is 0.00000225. The number of halogens is 1. The van der Waals surface area contributed by atoms with Crippen molar-refractivity contribution >= 4 is 35.6 Å². The fourth-order valence-electron chi connectivity index (χ4n) is 3.36. The molecule has 0 unspecified atom stereocenters. The minimum Gasteiger partial charge on any atom is -0.396 e. The van der Waals surface area contributed by atoms with E-state index >= 15 is 0 Å². The van der Waals surface area contributed by atoms with Gasteiger partial charge < -0.3 is 21.1 Å². The van der Waals surface area contributed by atoms with Crippen molar-refractivity contribution in [3.8, 4) is 0 Å². The number of aliphatic hydroxyl groups is 1. The molecule has 1 aliphatic carbocycles. The predicted molar refractivity (Wildman–Crippen MR) is 115 cm³/mol. The summed E-state index contributed by atoms with van der Waals surface area (Å²) in [6.07, 6.45) is 6.14. The Morgan fingerprint density at radius 1 is 1.12 bits per heavy atom. The maximum atomic E-state index is 9.23. The van der Waals surface area contributed by atoms with Gasteiger partial charge in [0.25, 0.3) is 0 Å². The summed E-state index contributed by atoms with van der Waals surface area (Å²) >= 11 is 0. The van der Waals surface area contributed by atoms with Gasteiger partial charge in [0.2, 0.25) is 0 Å². The molecule has 1 saturated carbocycles. The van der Waals surface area contributed by atoms with Crippen LogP contribution in [0.5, 0.6) is 0 Å². The van der Waals surface area contributed by atoms with E-state index in [0.29, 0.717) is 25.0 Å². The summed E-state index contributed by atoms with van der Waals surface area (Å²) in [4.78, 5) is 6.83. The zero-order chi connectivity index (χ0) is 16.8. The number of hydrogen-bond acceptors (Lipinski definition) is 3. The van der Waals surface area contributed by atoms with Crippen LogP contribution >= 0.6 is 24.0 Å². The van der Waals surface area contributed by atoms with Crippen molar-refractivity contribution < 1.29 is 5.11 Å². The summed E-state index contributed by atoms with van der Waals surface area (Å²) in [6, 6.07) is 8.61. The topological polar surface area (TPSA) is 73.9 Å². The number of nitrogens with zero attached hydrogens (tertiary/aromatic N) is 2. The molecular weight excluding hydrogens is 427 g/mol. The molecule has 3 rings (SSSR count). The van der Waals surface area contributed by atoms with Gasteiger partial charge in [-0.05, 0) is 55.2 Å². The molecule has 5 nitrogen and oxygen atoms in total. The second-order valence-electron chi connectivity index (χ2n) is 7.16. The second kappa shape index (κ2) is 10.2. The van der Waals surface area contributed by atoms with E-state index in [1.165, 1.54) is 30.5 Å². The summed E-state index contributed by atoms with van der Waals surface area (Å²) in [5.41, 5.74) is 8.37. The summed E-state index contributed by atoms with van der Waals surface area (Å²) < 4.78 is 0. The Morgan fingerprint density at radius 3 is 2.36 bits per heavy atom. The third-order valence-corrected chi connectivity index (χ3v) is 5.40. The highest BCUT2D eigenvalue weighted by atomic mass is 127. The van der Waals surface area contributed by atoms with Crippen molar-refractivity contribution in [2.45, 2.75) is 38.6 Å². The number of rotatable bonds is 6. The molecule has 1 aromatic carbocycles. The van der Waals surface area contributed by atoms with Crippen LogP contribution in [0.4, 0.5) is 5.69 Å².